The molecule has 0 aliphatic heterocycles. The minimum absolute atomic E-state index is 0.208. The van der Waals surface area contributed by atoms with Crippen LogP contribution >= 0.6 is 15.9 Å². The Kier molecular flexibility index (Phi) is 5.18. The van der Waals surface area contributed by atoms with Crippen LogP contribution in [0.4, 0.5) is 5.69 Å². The zero-order valence-corrected chi connectivity index (χ0v) is 12.3. The van der Waals surface area contributed by atoms with Gasteiger partial charge in [0.15, 0.2) is 0 Å². The number of anilines is 1. The van der Waals surface area contributed by atoms with Gasteiger partial charge in [-0.25, -0.2) is 5.10 Å². The summed E-state index contributed by atoms with van der Waals surface area (Å²) in [5, 5.41) is 9.45. The predicted molar refractivity (Wildman–Crippen MR) is 74.2 cm³/mol. The molecule has 0 spiro atoms. The fraction of sp³-hybridized carbons (Fsp3) is 0.667. The van der Waals surface area contributed by atoms with Gasteiger partial charge in [-0.3, -0.25) is 4.79 Å². The first-order chi connectivity index (χ1) is 7.93. The molecule has 5 heteroatoms. The predicted octanol–water partition coefficient (Wildman–Crippen LogP) is 2.87. The fourth-order valence-corrected chi connectivity index (χ4v) is 2.31. The Morgan fingerprint density at radius 1 is 1.35 bits per heavy atom. The molecule has 0 unspecified atom stereocenters. The lowest BCUT2D eigenvalue weighted by atomic mass is 9.85. The molecule has 0 aliphatic rings. The van der Waals surface area contributed by atoms with Gasteiger partial charge in [0, 0.05) is 6.54 Å². The van der Waals surface area contributed by atoms with E-state index >= 15 is 0 Å². The van der Waals surface area contributed by atoms with Gasteiger partial charge in [-0.2, -0.15) is 5.10 Å². The van der Waals surface area contributed by atoms with Crippen molar-refractivity contribution < 1.29 is 0 Å². The molecule has 96 valence electrons. The average Bonchev–Trinajstić information content (AvgIpc) is 2.23. The van der Waals surface area contributed by atoms with E-state index in [1.54, 1.807) is 6.20 Å². The topological polar surface area (TPSA) is 57.8 Å². The van der Waals surface area contributed by atoms with Gasteiger partial charge in [-0.1, -0.05) is 27.7 Å². The normalized spacial score (nSPS) is 11.5. The Morgan fingerprint density at radius 3 is 2.47 bits per heavy atom. The monoisotopic (exact) mass is 301 g/mol. The highest BCUT2D eigenvalue weighted by atomic mass is 79.9. The number of halogens is 1. The van der Waals surface area contributed by atoms with Crippen molar-refractivity contribution in [2.75, 3.05) is 11.9 Å². The number of aromatic amines is 1. The molecule has 1 aromatic rings. The van der Waals surface area contributed by atoms with Crippen LogP contribution in [0, 0.1) is 17.8 Å². The fourth-order valence-electron chi connectivity index (χ4n) is 1.98. The second kappa shape index (κ2) is 6.19. The highest BCUT2D eigenvalue weighted by Gasteiger charge is 2.17. The maximum absolute atomic E-state index is 11.3. The first-order valence-corrected chi connectivity index (χ1v) is 6.69. The summed E-state index contributed by atoms with van der Waals surface area (Å²) in [4.78, 5) is 11.3. The van der Waals surface area contributed by atoms with E-state index in [2.05, 4.69) is 59.1 Å². The molecule has 0 radical (unpaired) electrons. The van der Waals surface area contributed by atoms with Crippen molar-refractivity contribution in [2.24, 2.45) is 17.8 Å². The van der Waals surface area contributed by atoms with E-state index in [9.17, 15) is 4.79 Å². The first-order valence-electron chi connectivity index (χ1n) is 5.90. The third-order valence-corrected chi connectivity index (χ3v) is 3.82. The molecular weight excluding hydrogens is 282 g/mol. The molecule has 17 heavy (non-hydrogen) atoms. The third kappa shape index (κ3) is 3.84. The van der Waals surface area contributed by atoms with Gasteiger partial charge in [-0.05, 0) is 33.7 Å². The lowest BCUT2D eigenvalue weighted by Crippen LogP contribution is -2.25. The highest BCUT2D eigenvalue weighted by molar-refractivity contribution is 9.10. The van der Waals surface area contributed by atoms with Gasteiger partial charge in [0.25, 0.3) is 5.56 Å². The summed E-state index contributed by atoms with van der Waals surface area (Å²) in [6.07, 6.45) is 1.63. The Morgan fingerprint density at radius 2 is 1.94 bits per heavy atom. The van der Waals surface area contributed by atoms with E-state index in [4.69, 9.17) is 0 Å². The molecule has 0 aliphatic carbocycles. The molecule has 0 fully saturated rings. The van der Waals surface area contributed by atoms with Crippen LogP contribution in [0.3, 0.4) is 0 Å². The quantitative estimate of drug-likeness (QED) is 0.879. The van der Waals surface area contributed by atoms with Crippen LogP contribution in [0.25, 0.3) is 0 Å². The number of rotatable bonds is 5. The van der Waals surface area contributed by atoms with Gasteiger partial charge in [-0.15, -0.1) is 0 Å². The van der Waals surface area contributed by atoms with E-state index in [1.807, 2.05) is 0 Å². The Bertz CT molecular complexity index is 406. The van der Waals surface area contributed by atoms with Crippen LogP contribution < -0.4 is 10.9 Å². The molecule has 0 amide bonds. The van der Waals surface area contributed by atoms with Crippen LogP contribution in [0.5, 0.6) is 0 Å². The molecular formula is C12H20BrN3O. The molecule has 0 saturated carbocycles. The number of nitrogens with zero attached hydrogens (tertiary/aromatic N) is 1. The van der Waals surface area contributed by atoms with Crippen molar-refractivity contribution in [1.82, 2.24) is 10.2 Å². The second-order valence-electron chi connectivity index (χ2n) is 4.96. The van der Waals surface area contributed by atoms with Crippen LogP contribution in [0.1, 0.15) is 27.7 Å². The van der Waals surface area contributed by atoms with Crippen molar-refractivity contribution in [1.29, 1.82) is 0 Å². The highest BCUT2D eigenvalue weighted by Crippen LogP contribution is 2.22. The molecule has 1 rings (SSSR count). The SMILES string of the molecule is CC(C)C(CNc1cn[nH]c(=O)c1Br)C(C)C. The summed E-state index contributed by atoms with van der Waals surface area (Å²) < 4.78 is 0.513. The minimum atomic E-state index is -0.208. The third-order valence-electron chi connectivity index (χ3n) is 3.04. The van der Waals surface area contributed by atoms with Crippen LogP contribution in [0.15, 0.2) is 15.5 Å². The lowest BCUT2D eigenvalue weighted by Gasteiger charge is -2.25. The largest absolute Gasteiger partial charge is 0.382 e. The smallest absolute Gasteiger partial charge is 0.280 e. The zero-order chi connectivity index (χ0) is 13.0. The molecule has 1 aromatic heterocycles. The zero-order valence-electron chi connectivity index (χ0n) is 10.7. The summed E-state index contributed by atoms with van der Waals surface area (Å²) in [6, 6.07) is 0. The Hall–Kier alpha value is -0.840. The van der Waals surface area contributed by atoms with Gasteiger partial charge in [0.1, 0.15) is 4.47 Å². The van der Waals surface area contributed by atoms with Gasteiger partial charge in [0.2, 0.25) is 0 Å². The van der Waals surface area contributed by atoms with Crippen LogP contribution in [-0.4, -0.2) is 16.7 Å². The molecule has 4 nitrogen and oxygen atoms in total. The van der Waals surface area contributed by atoms with Crippen molar-refractivity contribution >= 4 is 21.6 Å². The summed E-state index contributed by atoms with van der Waals surface area (Å²) in [7, 11) is 0. The van der Waals surface area contributed by atoms with Crippen molar-refractivity contribution in [3.05, 3.63) is 21.0 Å². The van der Waals surface area contributed by atoms with Crippen molar-refractivity contribution in [3.63, 3.8) is 0 Å². The van der Waals surface area contributed by atoms with Crippen molar-refractivity contribution in [3.8, 4) is 0 Å². The second-order valence-corrected chi connectivity index (χ2v) is 5.75. The van der Waals surface area contributed by atoms with E-state index in [-0.39, 0.29) is 5.56 Å². The molecule has 0 saturated heterocycles. The number of aromatic nitrogens is 2. The number of nitrogens with one attached hydrogen (secondary N) is 2. The minimum Gasteiger partial charge on any atom is -0.382 e. The van der Waals surface area contributed by atoms with Gasteiger partial charge >= 0.3 is 0 Å². The molecule has 0 aromatic carbocycles. The van der Waals surface area contributed by atoms with Gasteiger partial charge < -0.3 is 5.32 Å². The maximum atomic E-state index is 11.3. The van der Waals surface area contributed by atoms with E-state index in [0.29, 0.717) is 22.2 Å². The Labute approximate surface area is 110 Å². The average molecular weight is 302 g/mol. The Balaban J connectivity index is 2.72. The molecule has 1 heterocycles. The van der Waals surface area contributed by atoms with Gasteiger partial charge in [0.05, 0.1) is 11.9 Å². The number of hydrogen-bond donors (Lipinski definition) is 2. The summed E-state index contributed by atoms with van der Waals surface area (Å²) in [5.74, 6) is 1.79. The summed E-state index contributed by atoms with van der Waals surface area (Å²) in [5.41, 5.74) is 0.542. The summed E-state index contributed by atoms with van der Waals surface area (Å²) >= 11 is 3.26. The molecule has 2 N–H and O–H groups in total. The summed E-state index contributed by atoms with van der Waals surface area (Å²) in [6.45, 7) is 9.73. The first kappa shape index (κ1) is 14.2. The van der Waals surface area contributed by atoms with E-state index < -0.39 is 0 Å². The van der Waals surface area contributed by atoms with Crippen LogP contribution in [-0.2, 0) is 0 Å². The standard InChI is InChI=1S/C12H20BrN3O/c1-7(2)9(8(3)4)5-14-10-6-15-16-12(17)11(10)13/h6-9H,5H2,1-4H3,(H2,14,16,17). The lowest BCUT2D eigenvalue weighted by molar-refractivity contribution is 0.304. The van der Waals surface area contributed by atoms with E-state index in [1.165, 1.54) is 0 Å². The maximum Gasteiger partial charge on any atom is 0.280 e. The van der Waals surface area contributed by atoms with Crippen molar-refractivity contribution in [2.45, 2.75) is 27.7 Å². The molecule has 0 atom stereocenters. The molecule has 0 bridgehead atoms. The number of hydrogen-bond acceptors (Lipinski definition) is 3. The van der Waals surface area contributed by atoms with Crippen LogP contribution in [0.2, 0.25) is 0 Å². The van der Waals surface area contributed by atoms with E-state index in [0.717, 1.165) is 12.2 Å². The number of H-pyrrole nitrogens is 1.